The monoisotopic (exact) mass is 210 g/mol. The van der Waals surface area contributed by atoms with E-state index in [4.69, 9.17) is 10.8 Å². The molecule has 0 unspecified atom stereocenters. The topological polar surface area (TPSA) is 75.3 Å². The zero-order valence-electron chi connectivity index (χ0n) is 9.27. The van der Waals surface area contributed by atoms with E-state index in [1.165, 1.54) is 6.33 Å². The van der Waals surface area contributed by atoms with E-state index in [2.05, 4.69) is 16.9 Å². The van der Waals surface area contributed by atoms with Crippen LogP contribution in [0, 0.1) is 6.92 Å². The van der Waals surface area contributed by atoms with Gasteiger partial charge in [0.05, 0.1) is 6.61 Å². The Morgan fingerprint density at radius 3 is 2.73 bits per heavy atom. The Morgan fingerprint density at radius 1 is 1.40 bits per heavy atom. The quantitative estimate of drug-likeness (QED) is 0.743. The molecule has 84 valence electrons. The minimum absolute atomic E-state index is 0.114. The SMILES string of the molecule is CCCN(CCO)c1ncnc(N)c1C. The first-order chi connectivity index (χ1) is 7.20. The zero-order chi connectivity index (χ0) is 11.3. The van der Waals surface area contributed by atoms with Gasteiger partial charge < -0.3 is 15.7 Å². The van der Waals surface area contributed by atoms with Crippen molar-refractivity contribution in [3.05, 3.63) is 11.9 Å². The molecule has 0 spiro atoms. The molecule has 0 bridgehead atoms. The third-order valence-electron chi connectivity index (χ3n) is 2.26. The molecule has 0 aliphatic rings. The predicted octanol–water partition coefficient (Wildman–Crippen LogP) is 0.576. The molecule has 0 amide bonds. The zero-order valence-corrected chi connectivity index (χ0v) is 9.27. The van der Waals surface area contributed by atoms with Gasteiger partial charge >= 0.3 is 0 Å². The molecule has 0 atom stereocenters. The Kier molecular flexibility index (Phi) is 4.30. The fourth-order valence-electron chi connectivity index (χ4n) is 1.49. The van der Waals surface area contributed by atoms with Gasteiger partial charge in [0.25, 0.3) is 0 Å². The number of hydrogen-bond donors (Lipinski definition) is 2. The van der Waals surface area contributed by atoms with Gasteiger partial charge in [0, 0.05) is 18.7 Å². The van der Waals surface area contributed by atoms with Gasteiger partial charge in [-0.2, -0.15) is 0 Å². The predicted molar refractivity (Wildman–Crippen MR) is 60.8 cm³/mol. The summed E-state index contributed by atoms with van der Waals surface area (Å²) in [5, 5.41) is 8.97. The van der Waals surface area contributed by atoms with Gasteiger partial charge in [-0.25, -0.2) is 9.97 Å². The average molecular weight is 210 g/mol. The molecule has 1 aromatic rings. The van der Waals surface area contributed by atoms with Crippen molar-refractivity contribution in [2.24, 2.45) is 0 Å². The van der Waals surface area contributed by atoms with E-state index < -0.39 is 0 Å². The highest BCUT2D eigenvalue weighted by molar-refractivity contribution is 5.55. The molecule has 0 aromatic carbocycles. The van der Waals surface area contributed by atoms with Gasteiger partial charge in [0.2, 0.25) is 0 Å². The fraction of sp³-hybridized carbons (Fsp3) is 0.600. The number of aliphatic hydroxyl groups excluding tert-OH is 1. The molecule has 1 rings (SSSR count). The first-order valence-corrected chi connectivity index (χ1v) is 5.13. The molecule has 15 heavy (non-hydrogen) atoms. The van der Waals surface area contributed by atoms with Crippen LogP contribution in [0.15, 0.2) is 6.33 Å². The smallest absolute Gasteiger partial charge is 0.137 e. The summed E-state index contributed by atoms with van der Waals surface area (Å²) >= 11 is 0. The number of hydrogen-bond acceptors (Lipinski definition) is 5. The standard InChI is InChI=1S/C10H18N4O/c1-3-4-14(5-6-15)10-8(2)9(11)12-7-13-10/h7,15H,3-6H2,1-2H3,(H2,11,12,13). The molecule has 0 aliphatic carbocycles. The van der Waals surface area contributed by atoms with Crippen molar-refractivity contribution >= 4 is 11.6 Å². The number of aromatic nitrogens is 2. The first-order valence-electron chi connectivity index (χ1n) is 5.13. The van der Waals surface area contributed by atoms with Gasteiger partial charge in [-0.15, -0.1) is 0 Å². The lowest BCUT2D eigenvalue weighted by Gasteiger charge is -2.23. The molecule has 0 saturated heterocycles. The van der Waals surface area contributed by atoms with Gasteiger partial charge in [-0.05, 0) is 13.3 Å². The van der Waals surface area contributed by atoms with Crippen LogP contribution < -0.4 is 10.6 Å². The number of anilines is 2. The summed E-state index contributed by atoms with van der Waals surface area (Å²) in [6, 6.07) is 0. The summed E-state index contributed by atoms with van der Waals surface area (Å²) in [6.45, 7) is 5.53. The largest absolute Gasteiger partial charge is 0.395 e. The Bertz CT molecular complexity index is 310. The van der Waals surface area contributed by atoms with Crippen LogP contribution in [-0.2, 0) is 0 Å². The van der Waals surface area contributed by atoms with E-state index in [0.29, 0.717) is 12.4 Å². The summed E-state index contributed by atoms with van der Waals surface area (Å²) < 4.78 is 0. The van der Waals surface area contributed by atoms with Crippen LogP contribution in [0.2, 0.25) is 0 Å². The van der Waals surface area contributed by atoms with Crippen molar-refractivity contribution in [1.29, 1.82) is 0 Å². The van der Waals surface area contributed by atoms with Crippen LogP contribution in [0.5, 0.6) is 0 Å². The fourth-order valence-corrected chi connectivity index (χ4v) is 1.49. The minimum Gasteiger partial charge on any atom is -0.395 e. The van der Waals surface area contributed by atoms with E-state index in [0.717, 1.165) is 24.3 Å². The Balaban J connectivity index is 2.94. The molecule has 0 radical (unpaired) electrons. The maximum absolute atomic E-state index is 8.97. The Hall–Kier alpha value is -1.36. The lowest BCUT2D eigenvalue weighted by Crippen LogP contribution is -2.29. The van der Waals surface area contributed by atoms with Crippen LogP contribution in [-0.4, -0.2) is 34.8 Å². The number of nitrogen functional groups attached to an aromatic ring is 1. The van der Waals surface area contributed by atoms with Crippen molar-refractivity contribution in [2.75, 3.05) is 30.3 Å². The van der Waals surface area contributed by atoms with Gasteiger partial charge in [0.1, 0.15) is 18.0 Å². The molecule has 0 saturated carbocycles. The van der Waals surface area contributed by atoms with Crippen molar-refractivity contribution in [2.45, 2.75) is 20.3 Å². The van der Waals surface area contributed by atoms with Crippen molar-refractivity contribution < 1.29 is 5.11 Å². The van der Waals surface area contributed by atoms with E-state index in [-0.39, 0.29) is 6.61 Å². The third-order valence-corrected chi connectivity index (χ3v) is 2.26. The summed E-state index contributed by atoms with van der Waals surface area (Å²) in [5.74, 6) is 1.32. The van der Waals surface area contributed by atoms with Crippen molar-refractivity contribution in [1.82, 2.24) is 9.97 Å². The van der Waals surface area contributed by atoms with Crippen molar-refractivity contribution in [3.63, 3.8) is 0 Å². The highest BCUT2D eigenvalue weighted by Gasteiger charge is 2.11. The molecule has 1 aromatic heterocycles. The van der Waals surface area contributed by atoms with Gasteiger partial charge in [-0.3, -0.25) is 0 Å². The average Bonchev–Trinajstić information content (AvgIpc) is 2.22. The third kappa shape index (κ3) is 2.79. The summed E-state index contributed by atoms with van der Waals surface area (Å²) in [7, 11) is 0. The normalized spacial score (nSPS) is 10.3. The van der Waals surface area contributed by atoms with Crippen LogP contribution in [0.25, 0.3) is 0 Å². The Labute approximate surface area is 90.0 Å². The lowest BCUT2D eigenvalue weighted by molar-refractivity contribution is 0.301. The maximum atomic E-state index is 8.97. The van der Waals surface area contributed by atoms with Gasteiger partial charge in [0.15, 0.2) is 0 Å². The highest BCUT2D eigenvalue weighted by Crippen LogP contribution is 2.19. The van der Waals surface area contributed by atoms with Crippen LogP contribution in [0.1, 0.15) is 18.9 Å². The molecule has 5 nitrogen and oxygen atoms in total. The van der Waals surface area contributed by atoms with Crippen LogP contribution in [0.4, 0.5) is 11.6 Å². The highest BCUT2D eigenvalue weighted by atomic mass is 16.3. The number of nitrogens with zero attached hydrogens (tertiary/aromatic N) is 3. The molecule has 5 heteroatoms. The molecule has 1 heterocycles. The molecular formula is C10H18N4O. The van der Waals surface area contributed by atoms with E-state index in [9.17, 15) is 0 Å². The van der Waals surface area contributed by atoms with Gasteiger partial charge in [-0.1, -0.05) is 6.92 Å². The second-order valence-corrected chi connectivity index (χ2v) is 3.42. The van der Waals surface area contributed by atoms with Crippen LogP contribution in [0.3, 0.4) is 0 Å². The molecular weight excluding hydrogens is 192 g/mol. The number of aliphatic hydroxyl groups is 1. The number of rotatable bonds is 5. The number of nitrogens with two attached hydrogens (primary N) is 1. The maximum Gasteiger partial charge on any atom is 0.137 e. The first kappa shape index (κ1) is 11.7. The Morgan fingerprint density at radius 2 is 2.13 bits per heavy atom. The van der Waals surface area contributed by atoms with Crippen molar-refractivity contribution in [3.8, 4) is 0 Å². The minimum atomic E-state index is 0.114. The molecule has 0 aliphatic heterocycles. The summed E-state index contributed by atoms with van der Waals surface area (Å²) in [6.07, 6.45) is 2.46. The molecule has 0 fully saturated rings. The molecule has 3 N–H and O–H groups in total. The van der Waals surface area contributed by atoms with E-state index >= 15 is 0 Å². The second kappa shape index (κ2) is 5.50. The van der Waals surface area contributed by atoms with E-state index in [1.807, 2.05) is 11.8 Å². The second-order valence-electron chi connectivity index (χ2n) is 3.42. The lowest BCUT2D eigenvalue weighted by atomic mass is 10.2. The summed E-state index contributed by atoms with van der Waals surface area (Å²) in [4.78, 5) is 10.1. The summed E-state index contributed by atoms with van der Waals surface area (Å²) in [5.41, 5.74) is 6.58. The van der Waals surface area contributed by atoms with E-state index in [1.54, 1.807) is 0 Å². The van der Waals surface area contributed by atoms with Crippen LogP contribution >= 0.6 is 0 Å².